The van der Waals surface area contributed by atoms with Gasteiger partial charge in [0, 0.05) is 6.54 Å². The Morgan fingerprint density at radius 3 is 2.67 bits per heavy atom. The molecule has 1 fully saturated rings. The van der Waals surface area contributed by atoms with Crippen molar-refractivity contribution >= 4 is 22.8 Å². The molecule has 2 rings (SSSR count). The van der Waals surface area contributed by atoms with E-state index in [2.05, 4.69) is 9.97 Å². The smallest absolute Gasteiger partial charge is 0.230 e. The van der Waals surface area contributed by atoms with Gasteiger partial charge in [0.25, 0.3) is 0 Å². The average Bonchev–Trinajstić information content (AvgIpc) is 2.33. The van der Waals surface area contributed by atoms with Crippen molar-refractivity contribution in [1.82, 2.24) is 9.97 Å². The highest BCUT2D eigenvalue weighted by Gasteiger charge is 2.45. The summed E-state index contributed by atoms with van der Waals surface area (Å²) in [6.07, 6.45) is 0.925. The van der Waals surface area contributed by atoms with Crippen LogP contribution >= 0.6 is 11.6 Å². The van der Waals surface area contributed by atoms with E-state index in [1.54, 1.807) is 4.90 Å². The predicted octanol–water partition coefficient (Wildman–Crippen LogP) is 1.94. The van der Waals surface area contributed by atoms with Crippen LogP contribution in [0.4, 0.5) is 14.7 Å². The van der Waals surface area contributed by atoms with Gasteiger partial charge in [0.2, 0.25) is 11.2 Å². The fourth-order valence-electron chi connectivity index (χ4n) is 1.88. The van der Waals surface area contributed by atoms with Gasteiger partial charge in [-0.15, -0.1) is 0 Å². The van der Waals surface area contributed by atoms with Crippen LogP contribution < -0.4 is 4.90 Å². The van der Waals surface area contributed by atoms with Gasteiger partial charge in [0.1, 0.15) is 6.17 Å². The quantitative estimate of drug-likeness (QED) is 0.774. The number of alkyl halides is 1. The molecule has 18 heavy (non-hydrogen) atoms. The molecule has 1 aromatic rings. The maximum absolute atomic E-state index is 14.0. The fraction of sp³-hybridized carbons (Fsp3) is 0.545. The maximum Gasteiger partial charge on any atom is 0.230 e. The Kier molecular flexibility index (Phi) is 3.47. The van der Waals surface area contributed by atoms with Crippen LogP contribution in [0.5, 0.6) is 0 Å². The van der Waals surface area contributed by atoms with Crippen LogP contribution in [0.2, 0.25) is 0 Å². The molecule has 1 aromatic heterocycles. The molecule has 1 aliphatic heterocycles. The van der Waals surface area contributed by atoms with Gasteiger partial charge in [-0.25, -0.2) is 18.7 Å². The highest BCUT2D eigenvalue weighted by molar-refractivity contribution is 6.64. The molecule has 7 heteroatoms. The number of carbonyl (C=O) groups excluding carboxylic acids is 1. The summed E-state index contributed by atoms with van der Waals surface area (Å²) in [5.41, 5.74) is -1.17. The van der Waals surface area contributed by atoms with E-state index < -0.39 is 22.6 Å². The standard InChI is InChI=1S/C11H12ClF2N3O/c1-11(9(12)18)2-3-17(6-8(11)14)10-15-4-7(13)5-16-10/h4-5,8H,2-3,6H2,1H3/t8-,11+/m1/s1. The van der Waals surface area contributed by atoms with Crippen LogP contribution in [0, 0.1) is 11.2 Å². The normalized spacial score (nSPS) is 28.2. The van der Waals surface area contributed by atoms with Gasteiger partial charge in [-0.05, 0) is 24.9 Å². The third kappa shape index (κ3) is 2.29. The SMILES string of the molecule is C[C@]1(C(=O)Cl)CCN(c2ncc(F)cn2)C[C@H]1F. The van der Waals surface area contributed by atoms with E-state index in [9.17, 15) is 13.6 Å². The summed E-state index contributed by atoms with van der Waals surface area (Å²) < 4.78 is 26.7. The fourth-order valence-corrected chi connectivity index (χ4v) is 2.09. The Morgan fingerprint density at radius 2 is 2.17 bits per heavy atom. The highest BCUT2D eigenvalue weighted by Crippen LogP contribution is 2.36. The van der Waals surface area contributed by atoms with Gasteiger partial charge in [-0.1, -0.05) is 0 Å². The molecular formula is C11H12ClF2N3O. The van der Waals surface area contributed by atoms with E-state index in [1.807, 2.05) is 0 Å². The molecule has 1 aliphatic rings. The maximum atomic E-state index is 14.0. The number of rotatable bonds is 2. The summed E-state index contributed by atoms with van der Waals surface area (Å²) in [6, 6.07) is 0. The Bertz CT molecular complexity index is 456. The molecular weight excluding hydrogens is 264 g/mol. The van der Waals surface area contributed by atoms with Gasteiger partial charge in [0.15, 0.2) is 5.82 Å². The van der Waals surface area contributed by atoms with Crippen molar-refractivity contribution in [2.45, 2.75) is 19.5 Å². The Hall–Kier alpha value is -1.30. The van der Waals surface area contributed by atoms with E-state index in [0.29, 0.717) is 6.54 Å². The van der Waals surface area contributed by atoms with Gasteiger partial charge in [0.05, 0.1) is 24.4 Å². The molecule has 0 aliphatic carbocycles. The summed E-state index contributed by atoms with van der Waals surface area (Å²) in [6.45, 7) is 1.89. The van der Waals surface area contributed by atoms with Crippen molar-refractivity contribution in [3.8, 4) is 0 Å². The monoisotopic (exact) mass is 275 g/mol. The molecule has 1 saturated heterocycles. The first-order chi connectivity index (χ1) is 8.43. The van der Waals surface area contributed by atoms with Gasteiger partial charge in [-0.3, -0.25) is 4.79 Å². The molecule has 2 heterocycles. The highest BCUT2D eigenvalue weighted by atomic mass is 35.5. The number of hydrogen-bond acceptors (Lipinski definition) is 4. The van der Waals surface area contributed by atoms with E-state index in [0.717, 1.165) is 12.4 Å². The van der Waals surface area contributed by atoms with Crippen LogP contribution in [-0.4, -0.2) is 34.5 Å². The van der Waals surface area contributed by atoms with Crippen molar-refractivity contribution in [1.29, 1.82) is 0 Å². The van der Waals surface area contributed by atoms with E-state index in [4.69, 9.17) is 11.6 Å². The summed E-state index contributed by atoms with van der Waals surface area (Å²) in [5.74, 6) is -0.295. The molecule has 0 bridgehead atoms. The minimum absolute atomic E-state index is 0.0272. The van der Waals surface area contributed by atoms with E-state index >= 15 is 0 Å². The number of aromatic nitrogens is 2. The zero-order chi connectivity index (χ0) is 13.3. The Labute approximate surface area is 108 Å². The van der Waals surface area contributed by atoms with Crippen LogP contribution in [0.25, 0.3) is 0 Å². The average molecular weight is 276 g/mol. The molecule has 0 amide bonds. The van der Waals surface area contributed by atoms with Crippen LogP contribution in [0.1, 0.15) is 13.3 Å². The lowest BCUT2D eigenvalue weighted by Crippen LogP contribution is -2.50. The van der Waals surface area contributed by atoms with E-state index in [1.165, 1.54) is 6.92 Å². The summed E-state index contributed by atoms with van der Waals surface area (Å²) in [7, 11) is 0. The van der Waals surface area contributed by atoms with Gasteiger partial charge < -0.3 is 4.90 Å². The molecule has 2 atom stereocenters. The van der Waals surface area contributed by atoms with Crippen molar-refractivity contribution < 1.29 is 13.6 Å². The van der Waals surface area contributed by atoms with Crippen LogP contribution in [0.3, 0.4) is 0 Å². The van der Waals surface area contributed by atoms with Crippen molar-refractivity contribution in [3.63, 3.8) is 0 Å². The molecule has 4 nitrogen and oxygen atoms in total. The lowest BCUT2D eigenvalue weighted by molar-refractivity contribution is -0.124. The first-order valence-corrected chi connectivity index (χ1v) is 5.88. The number of anilines is 1. The second-order valence-corrected chi connectivity index (χ2v) is 4.90. The third-order valence-corrected chi connectivity index (χ3v) is 3.74. The van der Waals surface area contributed by atoms with Crippen molar-refractivity contribution in [3.05, 3.63) is 18.2 Å². The molecule has 98 valence electrons. The van der Waals surface area contributed by atoms with Gasteiger partial charge >= 0.3 is 0 Å². The first-order valence-electron chi connectivity index (χ1n) is 5.50. The minimum Gasteiger partial charge on any atom is -0.338 e. The molecule has 0 spiro atoms. The molecule has 0 saturated carbocycles. The Morgan fingerprint density at radius 1 is 1.56 bits per heavy atom. The molecule has 0 radical (unpaired) electrons. The molecule has 0 aromatic carbocycles. The molecule has 0 N–H and O–H groups in total. The summed E-state index contributed by atoms with van der Waals surface area (Å²) >= 11 is 5.43. The lowest BCUT2D eigenvalue weighted by atomic mass is 9.80. The number of nitrogens with zero attached hydrogens (tertiary/aromatic N) is 3. The number of hydrogen-bond donors (Lipinski definition) is 0. The third-order valence-electron chi connectivity index (χ3n) is 3.31. The van der Waals surface area contributed by atoms with Gasteiger partial charge in [-0.2, -0.15) is 0 Å². The second-order valence-electron chi connectivity index (χ2n) is 4.56. The topological polar surface area (TPSA) is 46.1 Å². The van der Waals surface area contributed by atoms with Crippen molar-refractivity contribution in [2.75, 3.05) is 18.0 Å². The molecule has 0 unspecified atom stereocenters. The second kappa shape index (κ2) is 4.76. The predicted molar refractivity (Wildman–Crippen MR) is 62.7 cm³/mol. The summed E-state index contributed by atoms with van der Waals surface area (Å²) in [4.78, 5) is 20.4. The number of piperidine rings is 1. The zero-order valence-electron chi connectivity index (χ0n) is 9.74. The lowest BCUT2D eigenvalue weighted by Gasteiger charge is -2.39. The largest absolute Gasteiger partial charge is 0.338 e. The van der Waals surface area contributed by atoms with Crippen LogP contribution in [0.15, 0.2) is 12.4 Å². The number of halogens is 3. The van der Waals surface area contributed by atoms with Crippen molar-refractivity contribution in [2.24, 2.45) is 5.41 Å². The number of carbonyl (C=O) groups is 1. The van der Waals surface area contributed by atoms with Crippen LogP contribution in [-0.2, 0) is 4.79 Å². The minimum atomic E-state index is -1.40. The summed E-state index contributed by atoms with van der Waals surface area (Å²) in [5, 5.41) is -0.672. The van der Waals surface area contributed by atoms with E-state index in [-0.39, 0.29) is 18.9 Å². The Balaban J connectivity index is 2.13. The zero-order valence-corrected chi connectivity index (χ0v) is 10.5. The first kappa shape index (κ1) is 13.1.